The number of carbonyl (C=O) groups excluding carboxylic acids is 1. The Balaban J connectivity index is 2.16. The van der Waals surface area contributed by atoms with Crippen LogP contribution in [0.1, 0.15) is 12.8 Å². The second kappa shape index (κ2) is 1.41. The van der Waals surface area contributed by atoms with Gasteiger partial charge in [-0.1, -0.05) is 0 Å². The van der Waals surface area contributed by atoms with Gasteiger partial charge in [0.1, 0.15) is 0 Å². The van der Waals surface area contributed by atoms with E-state index in [-0.39, 0.29) is 5.92 Å². The van der Waals surface area contributed by atoms with Gasteiger partial charge in [0.15, 0.2) is 0 Å². The Morgan fingerprint density at radius 2 is 2.50 bits per heavy atom. The molecule has 0 spiro atoms. The molecule has 0 aromatic heterocycles. The largest absolute Gasteiger partial charge is 0.291 e. The first-order chi connectivity index (χ1) is 2.93. The van der Waals surface area contributed by atoms with E-state index in [1.54, 1.807) is 0 Å². The number of rotatable bonds is 1. The lowest BCUT2D eigenvalue weighted by Gasteiger charge is -2.16. The van der Waals surface area contributed by atoms with E-state index >= 15 is 0 Å². The van der Waals surface area contributed by atoms with Crippen molar-refractivity contribution in [2.24, 2.45) is 5.92 Å². The normalized spacial score (nSPS) is 22.7. The molecule has 2 radical (unpaired) electrons. The second-order valence-corrected chi connectivity index (χ2v) is 1.54. The molecule has 0 heterocycles. The predicted molar refractivity (Wildman–Crippen MR) is 22.7 cm³/mol. The Morgan fingerprint density at radius 1 is 1.83 bits per heavy atom. The summed E-state index contributed by atoms with van der Waals surface area (Å²) in [5.41, 5.74) is 0. The standard InChI is InChI=1S/C5H6O/c6-4-5-2-1-3-5/h2,5H,1,3H2. The van der Waals surface area contributed by atoms with Crippen LogP contribution in [0.15, 0.2) is 0 Å². The van der Waals surface area contributed by atoms with Crippen molar-refractivity contribution in [3.8, 4) is 0 Å². The first-order valence-electron chi connectivity index (χ1n) is 2.14. The van der Waals surface area contributed by atoms with Gasteiger partial charge in [0.2, 0.25) is 6.29 Å². The minimum absolute atomic E-state index is 0.185. The molecule has 1 fully saturated rings. The minimum Gasteiger partial charge on any atom is -0.291 e. The maximum atomic E-state index is 9.63. The maximum absolute atomic E-state index is 9.63. The van der Waals surface area contributed by atoms with Crippen molar-refractivity contribution in [2.75, 3.05) is 0 Å². The zero-order valence-corrected chi connectivity index (χ0v) is 3.48. The van der Waals surface area contributed by atoms with E-state index in [0.29, 0.717) is 0 Å². The van der Waals surface area contributed by atoms with Crippen LogP contribution >= 0.6 is 0 Å². The Labute approximate surface area is 37.4 Å². The molecule has 0 saturated heterocycles. The van der Waals surface area contributed by atoms with Crippen molar-refractivity contribution in [3.63, 3.8) is 0 Å². The molecule has 0 aromatic rings. The Kier molecular flexibility index (Phi) is 0.906. The molecule has 6 heavy (non-hydrogen) atoms. The molecular formula is C5H6O. The van der Waals surface area contributed by atoms with Crippen LogP contribution in [-0.4, -0.2) is 6.29 Å². The van der Waals surface area contributed by atoms with Gasteiger partial charge in [0.05, 0.1) is 0 Å². The first kappa shape index (κ1) is 3.85. The van der Waals surface area contributed by atoms with E-state index in [0.717, 1.165) is 12.8 Å². The smallest absolute Gasteiger partial charge is 0.202 e. The van der Waals surface area contributed by atoms with E-state index in [2.05, 4.69) is 0 Å². The first-order valence-corrected chi connectivity index (χ1v) is 2.14. The SMILES string of the molecule is O=[C]C1[CH]CC1. The molecule has 0 amide bonds. The molecule has 0 aliphatic heterocycles. The maximum Gasteiger partial charge on any atom is 0.202 e. The number of hydrogen-bond acceptors (Lipinski definition) is 1. The molecular weight excluding hydrogens is 76.1 g/mol. The van der Waals surface area contributed by atoms with Gasteiger partial charge in [-0.3, -0.25) is 4.79 Å². The van der Waals surface area contributed by atoms with Gasteiger partial charge in [-0.2, -0.15) is 0 Å². The fraction of sp³-hybridized carbons (Fsp3) is 0.600. The molecule has 0 aromatic carbocycles. The summed E-state index contributed by atoms with van der Waals surface area (Å²) in [6.45, 7) is 0. The lowest BCUT2D eigenvalue weighted by molar-refractivity contribution is 0.480. The second-order valence-electron chi connectivity index (χ2n) is 1.54. The Hall–Kier alpha value is -0.330. The van der Waals surface area contributed by atoms with E-state index in [9.17, 15) is 4.79 Å². The molecule has 1 heteroatoms. The third kappa shape index (κ3) is 0.445. The lowest BCUT2D eigenvalue weighted by Crippen LogP contribution is -2.12. The highest BCUT2D eigenvalue weighted by Crippen LogP contribution is 2.21. The average Bonchev–Trinajstić information content (AvgIpc) is 1.31. The quantitative estimate of drug-likeness (QED) is 0.455. The third-order valence-corrected chi connectivity index (χ3v) is 1.08. The summed E-state index contributed by atoms with van der Waals surface area (Å²) in [4.78, 5) is 9.63. The summed E-state index contributed by atoms with van der Waals surface area (Å²) in [6, 6.07) is 0. The highest BCUT2D eigenvalue weighted by molar-refractivity contribution is 5.58. The number of hydrogen-bond donors (Lipinski definition) is 0. The molecule has 1 nitrogen and oxygen atoms in total. The summed E-state index contributed by atoms with van der Waals surface area (Å²) in [6.07, 6.45) is 6.02. The van der Waals surface area contributed by atoms with Crippen molar-refractivity contribution in [3.05, 3.63) is 6.42 Å². The van der Waals surface area contributed by atoms with Gasteiger partial charge in [-0.15, -0.1) is 0 Å². The average molecular weight is 82.1 g/mol. The van der Waals surface area contributed by atoms with Crippen molar-refractivity contribution in [1.82, 2.24) is 0 Å². The molecule has 1 atom stereocenters. The van der Waals surface area contributed by atoms with Crippen molar-refractivity contribution in [2.45, 2.75) is 12.8 Å². The molecule has 1 rings (SSSR count). The third-order valence-electron chi connectivity index (χ3n) is 1.08. The van der Waals surface area contributed by atoms with Gasteiger partial charge >= 0.3 is 0 Å². The van der Waals surface area contributed by atoms with E-state index in [1.165, 1.54) is 0 Å². The minimum atomic E-state index is 0.185. The highest BCUT2D eigenvalue weighted by Gasteiger charge is 2.16. The molecule has 1 aliphatic rings. The Morgan fingerprint density at radius 3 is 2.50 bits per heavy atom. The van der Waals surface area contributed by atoms with Gasteiger partial charge in [-0.05, 0) is 19.3 Å². The van der Waals surface area contributed by atoms with Crippen LogP contribution in [0, 0.1) is 12.3 Å². The van der Waals surface area contributed by atoms with Crippen LogP contribution < -0.4 is 0 Å². The topological polar surface area (TPSA) is 17.1 Å². The van der Waals surface area contributed by atoms with Gasteiger partial charge < -0.3 is 0 Å². The fourth-order valence-electron chi connectivity index (χ4n) is 0.440. The van der Waals surface area contributed by atoms with E-state index in [4.69, 9.17) is 0 Å². The summed E-state index contributed by atoms with van der Waals surface area (Å²) in [5, 5.41) is 0. The van der Waals surface area contributed by atoms with Gasteiger partial charge in [-0.25, -0.2) is 0 Å². The van der Waals surface area contributed by atoms with Crippen molar-refractivity contribution >= 4 is 6.29 Å². The van der Waals surface area contributed by atoms with Gasteiger partial charge in [0, 0.05) is 5.92 Å². The van der Waals surface area contributed by atoms with Gasteiger partial charge in [0.25, 0.3) is 0 Å². The lowest BCUT2D eigenvalue weighted by atomic mass is 9.87. The van der Waals surface area contributed by atoms with E-state index in [1.807, 2.05) is 12.7 Å². The molecule has 0 N–H and O–H groups in total. The van der Waals surface area contributed by atoms with Crippen molar-refractivity contribution in [1.29, 1.82) is 0 Å². The van der Waals surface area contributed by atoms with Crippen LogP contribution in [0.2, 0.25) is 0 Å². The van der Waals surface area contributed by atoms with Crippen LogP contribution in [0.25, 0.3) is 0 Å². The molecule has 0 bridgehead atoms. The van der Waals surface area contributed by atoms with Crippen LogP contribution in [0.5, 0.6) is 0 Å². The summed E-state index contributed by atoms with van der Waals surface area (Å²) < 4.78 is 0. The molecule has 1 saturated carbocycles. The summed E-state index contributed by atoms with van der Waals surface area (Å²) >= 11 is 0. The zero-order valence-electron chi connectivity index (χ0n) is 3.48. The predicted octanol–water partition coefficient (Wildman–Crippen LogP) is 0.710. The zero-order chi connectivity index (χ0) is 4.41. The molecule has 32 valence electrons. The summed E-state index contributed by atoms with van der Waals surface area (Å²) in [5.74, 6) is 0.185. The molecule has 1 unspecified atom stereocenters. The van der Waals surface area contributed by atoms with Crippen LogP contribution in [-0.2, 0) is 4.79 Å². The van der Waals surface area contributed by atoms with E-state index < -0.39 is 0 Å². The fourth-order valence-corrected chi connectivity index (χ4v) is 0.440. The monoisotopic (exact) mass is 82.0 g/mol. The van der Waals surface area contributed by atoms with Crippen molar-refractivity contribution < 1.29 is 4.79 Å². The van der Waals surface area contributed by atoms with Crippen LogP contribution in [0.4, 0.5) is 0 Å². The Bertz CT molecular complexity index is 55.0. The van der Waals surface area contributed by atoms with Crippen LogP contribution in [0.3, 0.4) is 0 Å². The summed E-state index contributed by atoms with van der Waals surface area (Å²) in [7, 11) is 0. The molecule has 1 aliphatic carbocycles. The highest BCUT2D eigenvalue weighted by atomic mass is 16.1.